The second-order valence-electron chi connectivity index (χ2n) is 5.40. The predicted octanol–water partition coefficient (Wildman–Crippen LogP) is 4.83. The summed E-state index contributed by atoms with van der Waals surface area (Å²) in [6.45, 7) is 0. The second-order valence-corrected chi connectivity index (χ2v) is 7.25. The summed E-state index contributed by atoms with van der Waals surface area (Å²) in [7, 11) is 0. The lowest BCUT2D eigenvalue weighted by atomic mass is 10.1. The number of hydrogen-bond acceptors (Lipinski definition) is 5. The molecular weight excluding hydrogens is 391 g/mol. The lowest BCUT2D eigenvalue weighted by Gasteiger charge is -2.01. The monoisotopic (exact) mass is 400 g/mol. The van der Waals surface area contributed by atoms with Crippen LogP contribution in [0.3, 0.4) is 0 Å². The number of aliphatic imine (C=N–C) groups is 1. The molecule has 0 unspecified atom stereocenters. The van der Waals surface area contributed by atoms with Gasteiger partial charge in [-0.2, -0.15) is 10.2 Å². The zero-order valence-electron chi connectivity index (χ0n) is 13.1. The quantitative estimate of drug-likeness (QED) is 0.625. The van der Waals surface area contributed by atoms with Gasteiger partial charge in [0.15, 0.2) is 5.17 Å². The van der Waals surface area contributed by atoms with Crippen molar-refractivity contribution in [1.82, 2.24) is 15.5 Å². The van der Waals surface area contributed by atoms with E-state index in [9.17, 15) is 4.79 Å². The van der Waals surface area contributed by atoms with Crippen molar-refractivity contribution in [2.24, 2.45) is 4.99 Å². The maximum Gasteiger partial charge on any atom is 0.264 e. The third-order valence-corrected chi connectivity index (χ3v) is 5.16. The predicted molar refractivity (Wildman–Crippen MR) is 107 cm³/mol. The lowest BCUT2D eigenvalue weighted by Crippen LogP contribution is -2.19. The number of carbonyl (C=O) groups excluding carboxylic acids is 1. The molecule has 1 fully saturated rings. The highest BCUT2D eigenvalue weighted by Gasteiger charge is 2.24. The third kappa shape index (κ3) is 3.44. The van der Waals surface area contributed by atoms with Crippen molar-refractivity contribution in [3.63, 3.8) is 0 Å². The number of aromatic nitrogens is 2. The summed E-state index contributed by atoms with van der Waals surface area (Å²) in [5.74, 6) is -0.218. The van der Waals surface area contributed by atoms with E-state index in [0.29, 0.717) is 25.8 Å². The van der Waals surface area contributed by atoms with Crippen LogP contribution < -0.4 is 5.32 Å². The van der Waals surface area contributed by atoms with E-state index in [1.165, 1.54) is 11.8 Å². The Labute approximate surface area is 163 Å². The van der Waals surface area contributed by atoms with Gasteiger partial charge in [0.25, 0.3) is 5.91 Å². The summed E-state index contributed by atoms with van der Waals surface area (Å²) in [6.07, 6.45) is 3.44. The number of nitrogens with zero attached hydrogens (tertiary/aromatic N) is 3. The standard InChI is InChI=1S/C18H10Cl2N4OS/c19-12-2-1-3-13(20)16(12)22-18-23-17(25)15(26-18)9-10-4-5-14-11(8-10)6-7-21-24-14/h1-9H,(H,22,23,25)/b15-9+. The van der Waals surface area contributed by atoms with Gasteiger partial charge in [-0.25, -0.2) is 4.99 Å². The van der Waals surface area contributed by atoms with E-state index >= 15 is 0 Å². The molecule has 2 heterocycles. The van der Waals surface area contributed by atoms with Gasteiger partial charge in [-0.3, -0.25) is 4.79 Å². The number of carbonyl (C=O) groups is 1. The Hall–Kier alpha value is -2.41. The van der Waals surface area contributed by atoms with Crippen LogP contribution in [-0.2, 0) is 4.79 Å². The molecule has 4 rings (SSSR count). The van der Waals surface area contributed by atoms with Crippen molar-refractivity contribution in [3.05, 3.63) is 69.2 Å². The van der Waals surface area contributed by atoms with Gasteiger partial charge in [0, 0.05) is 5.39 Å². The van der Waals surface area contributed by atoms with E-state index in [0.717, 1.165) is 16.5 Å². The highest BCUT2D eigenvalue weighted by molar-refractivity contribution is 8.18. The summed E-state index contributed by atoms with van der Waals surface area (Å²) in [6, 6.07) is 12.7. The molecule has 0 bridgehead atoms. The number of thioether (sulfide) groups is 1. The largest absolute Gasteiger partial charge is 0.300 e. The molecule has 26 heavy (non-hydrogen) atoms. The fourth-order valence-electron chi connectivity index (χ4n) is 2.43. The van der Waals surface area contributed by atoms with Crippen LogP contribution >= 0.6 is 35.0 Å². The van der Waals surface area contributed by atoms with Crippen LogP contribution in [0.5, 0.6) is 0 Å². The highest BCUT2D eigenvalue weighted by Crippen LogP contribution is 2.35. The average molecular weight is 401 g/mol. The Morgan fingerprint density at radius 1 is 1.12 bits per heavy atom. The SMILES string of the molecule is O=C1NC(=Nc2c(Cl)cccc2Cl)S/C1=C/c1ccc2nnccc2c1. The molecule has 1 aliphatic rings. The average Bonchev–Trinajstić information content (AvgIpc) is 2.97. The van der Waals surface area contributed by atoms with E-state index in [4.69, 9.17) is 23.2 Å². The highest BCUT2D eigenvalue weighted by atomic mass is 35.5. The topological polar surface area (TPSA) is 67.2 Å². The number of nitrogens with one attached hydrogen (secondary N) is 1. The lowest BCUT2D eigenvalue weighted by molar-refractivity contribution is -0.115. The zero-order valence-corrected chi connectivity index (χ0v) is 15.4. The molecule has 3 aromatic rings. The molecule has 5 nitrogen and oxygen atoms in total. The minimum Gasteiger partial charge on any atom is -0.300 e. The van der Waals surface area contributed by atoms with E-state index < -0.39 is 0 Å². The molecule has 128 valence electrons. The van der Waals surface area contributed by atoms with Gasteiger partial charge in [-0.1, -0.05) is 35.3 Å². The van der Waals surface area contributed by atoms with Crippen molar-refractivity contribution in [2.45, 2.75) is 0 Å². The first kappa shape index (κ1) is 17.0. The summed E-state index contributed by atoms with van der Waals surface area (Å²) in [4.78, 5) is 17.2. The van der Waals surface area contributed by atoms with E-state index in [1.807, 2.05) is 24.3 Å². The van der Waals surface area contributed by atoms with Gasteiger partial charge >= 0.3 is 0 Å². The van der Waals surface area contributed by atoms with Crippen molar-refractivity contribution >= 4 is 68.7 Å². The molecule has 0 saturated carbocycles. The van der Waals surface area contributed by atoms with Crippen molar-refractivity contribution < 1.29 is 4.79 Å². The van der Waals surface area contributed by atoms with Crippen LogP contribution in [0.1, 0.15) is 5.56 Å². The summed E-state index contributed by atoms with van der Waals surface area (Å²) < 4.78 is 0. The second kappa shape index (κ2) is 7.07. The van der Waals surface area contributed by atoms with Gasteiger partial charge in [0.2, 0.25) is 0 Å². The van der Waals surface area contributed by atoms with Crippen LogP contribution in [0.4, 0.5) is 5.69 Å². The Bertz CT molecular complexity index is 1080. The molecular formula is C18H10Cl2N4OS. The van der Waals surface area contributed by atoms with E-state index in [2.05, 4.69) is 20.5 Å². The zero-order chi connectivity index (χ0) is 18.1. The first-order valence-corrected chi connectivity index (χ1v) is 9.12. The fourth-order valence-corrected chi connectivity index (χ4v) is 3.74. The molecule has 1 aromatic heterocycles. The minimum absolute atomic E-state index is 0.218. The fraction of sp³-hybridized carbons (Fsp3) is 0. The van der Waals surface area contributed by atoms with Crippen LogP contribution in [0.2, 0.25) is 10.0 Å². The molecule has 0 spiro atoms. The normalized spacial score (nSPS) is 17.2. The number of rotatable bonds is 2. The molecule has 0 radical (unpaired) electrons. The van der Waals surface area contributed by atoms with Crippen molar-refractivity contribution in [2.75, 3.05) is 0 Å². The molecule has 1 N–H and O–H groups in total. The Balaban J connectivity index is 1.65. The molecule has 0 atom stereocenters. The van der Waals surface area contributed by atoms with Gasteiger partial charge in [-0.15, -0.1) is 0 Å². The van der Waals surface area contributed by atoms with Gasteiger partial charge in [0.1, 0.15) is 5.69 Å². The number of para-hydroxylation sites is 1. The molecule has 1 aliphatic heterocycles. The maximum atomic E-state index is 12.2. The number of halogens is 2. The van der Waals surface area contributed by atoms with Gasteiger partial charge < -0.3 is 5.32 Å². The van der Waals surface area contributed by atoms with Crippen LogP contribution in [0.25, 0.3) is 17.0 Å². The number of benzene rings is 2. The van der Waals surface area contributed by atoms with E-state index in [1.54, 1.807) is 30.5 Å². The third-order valence-electron chi connectivity index (χ3n) is 3.64. The Kier molecular flexibility index (Phi) is 4.63. The first-order chi connectivity index (χ1) is 12.6. The number of amides is 1. The van der Waals surface area contributed by atoms with Gasteiger partial charge in [-0.05, 0) is 53.7 Å². The van der Waals surface area contributed by atoms with Crippen molar-refractivity contribution in [3.8, 4) is 0 Å². The Morgan fingerprint density at radius 3 is 2.73 bits per heavy atom. The smallest absolute Gasteiger partial charge is 0.264 e. The molecule has 1 amide bonds. The molecule has 2 aromatic carbocycles. The van der Waals surface area contributed by atoms with Crippen LogP contribution in [-0.4, -0.2) is 21.3 Å². The summed E-state index contributed by atoms with van der Waals surface area (Å²) in [5, 5.41) is 12.9. The molecule has 0 aliphatic carbocycles. The summed E-state index contributed by atoms with van der Waals surface area (Å²) >= 11 is 13.5. The number of fused-ring (bicyclic) bond motifs is 1. The minimum atomic E-state index is -0.218. The van der Waals surface area contributed by atoms with E-state index in [-0.39, 0.29) is 5.91 Å². The molecule has 8 heteroatoms. The Morgan fingerprint density at radius 2 is 1.92 bits per heavy atom. The number of hydrogen-bond donors (Lipinski definition) is 1. The first-order valence-electron chi connectivity index (χ1n) is 7.55. The summed E-state index contributed by atoms with van der Waals surface area (Å²) in [5.41, 5.74) is 2.12. The van der Waals surface area contributed by atoms with Crippen LogP contribution in [0.15, 0.2) is 58.6 Å². The van der Waals surface area contributed by atoms with Crippen molar-refractivity contribution in [1.29, 1.82) is 0 Å². The maximum absolute atomic E-state index is 12.2. The molecule has 1 saturated heterocycles. The van der Waals surface area contributed by atoms with Crippen LogP contribution in [0, 0.1) is 0 Å². The number of amidine groups is 1. The van der Waals surface area contributed by atoms with Gasteiger partial charge in [0.05, 0.1) is 26.7 Å².